The number of carboxylic acids is 1. The van der Waals surface area contributed by atoms with Gasteiger partial charge in [-0.3, -0.25) is 9.59 Å². The molecule has 35 heavy (non-hydrogen) atoms. The summed E-state index contributed by atoms with van der Waals surface area (Å²) in [6.45, 7) is 1.75. The largest absolute Gasteiger partial charge is 0.487 e. The van der Waals surface area contributed by atoms with Crippen LogP contribution in [0.5, 0.6) is 5.75 Å². The minimum absolute atomic E-state index is 0.0612. The van der Waals surface area contributed by atoms with E-state index in [0.717, 1.165) is 28.9 Å². The van der Waals surface area contributed by atoms with Crippen molar-refractivity contribution >= 4 is 23.5 Å². The highest BCUT2D eigenvalue weighted by molar-refractivity contribution is 6.30. The summed E-state index contributed by atoms with van der Waals surface area (Å²) in [7, 11) is 0. The maximum atomic E-state index is 14.0. The molecule has 0 bridgehead atoms. The molecule has 1 heterocycles. The Balaban J connectivity index is 1.42. The zero-order valence-electron chi connectivity index (χ0n) is 19.5. The number of ether oxygens (including phenoxy) is 1. The third-order valence-electron chi connectivity index (χ3n) is 6.18. The van der Waals surface area contributed by atoms with Gasteiger partial charge in [0.05, 0.1) is 6.42 Å². The zero-order valence-corrected chi connectivity index (χ0v) is 20.2. The van der Waals surface area contributed by atoms with Crippen LogP contribution in [0.15, 0.2) is 66.7 Å². The van der Waals surface area contributed by atoms with E-state index >= 15 is 0 Å². The van der Waals surface area contributed by atoms with Crippen molar-refractivity contribution in [3.05, 3.63) is 99.8 Å². The molecule has 0 fully saturated rings. The van der Waals surface area contributed by atoms with Gasteiger partial charge in [0.25, 0.3) is 0 Å². The minimum Gasteiger partial charge on any atom is -0.487 e. The van der Waals surface area contributed by atoms with E-state index < -0.39 is 18.1 Å². The highest BCUT2D eigenvalue weighted by atomic mass is 35.5. The second-order valence-electron chi connectivity index (χ2n) is 9.20. The van der Waals surface area contributed by atoms with Gasteiger partial charge in [-0.15, -0.1) is 0 Å². The predicted molar refractivity (Wildman–Crippen MR) is 132 cm³/mol. The van der Waals surface area contributed by atoms with Crippen LogP contribution in [0.3, 0.4) is 0 Å². The van der Waals surface area contributed by atoms with Crippen LogP contribution >= 0.6 is 11.6 Å². The number of carbonyl (C=O) groups excluding carboxylic acids is 1. The van der Waals surface area contributed by atoms with Crippen LogP contribution in [0.25, 0.3) is 0 Å². The Labute approximate surface area is 209 Å². The minimum atomic E-state index is -1.10. The highest BCUT2D eigenvalue weighted by Crippen LogP contribution is 2.37. The summed E-state index contributed by atoms with van der Waals surface area (Å²) in [5, 5.41) is 9.97. The van der Waals surface area contributed by atoms with Crippen LogP contribution in [-0.2, 0) is 35.3 Å². The first kappa shape index (κ1) is 24.7. The second kappa shape index (κ2) is 10.5. The summed E-state index contributed by atoms with van der Waals surface area (Å²) in [4.78, 5) is 25.6. The molecule has 1 atom stereocenters. The Bertz CT molecular complexity index is 1230. The molecular formula is C28H27ClFNO4. The van der Waals surface area contributed by atoms with Crippen molar-refractivity contribution in [3.8, 4) is 5.75 Å². The summed E-state index contributed by atoms with van der Waals surface area (Å²) in [5.74, 6) is -0.992. The average molecular weight is 496 g/mol. The van der Waals surface area contributed by atoms with Gasteiger partial charge in [0, 0.05) is 24.4 Å². The van der Waals surface area contributed by atoms with E-state index in [0.29, 0.717) is 17.0 Å². The number of hydrogen-bond acceptors (Lipinski definition) is 3. The van der Waals surface area contributed by atoms with Gasteiger partial charge in [0.1, 0.15) is 23.7 Å². The van der Waals surface area contributed by atoms with Gasteiger partial charge < -0.3 is 14.7 Å². The molecule has 0 aromatic heterocycles. The lowest BCUT2D eigenvalue weighted by atomic mass is 9.91. The van der Waals surface area contributed by atoms with E-state index in [1.54, 1.807) is 18.2 Å². The summed E-state index contributed by atoms with van der Waals surface area (Å²) < 4.78 is 20.2. The molecule has 0 saturated heterocycles. The topological polar surface area (TPSA) is 66.8 Å². The maximum Gasteiger partial charge on any atom is 0.323 e. The third kappa shape index (κ3) is 6.40. The van der Waals surface area contributed by atoms with Crippen LogP contribution in [-0.4, -0.2) is 40.6 Å². The number of aliphatic carboxylic acids is 1. The lowest BCUT2D eigenvalue weighted by molar-refractivity contribution is -0.144. The van der Waals surface area contributed by atoms with Crippen LogP contribution in [0.1, 0.15) is 29.2 Å². The van der Waals surface area contributed by atoms with Crippen molar-refractivity contribution in [2.45, 2.75) is 38.2 Å². The Morgan fingerprint density at radius 3 is 2.51 bits per heavy atom. The van der Waals surface area contributed by atoms with Crippen molar-refractivity contribution in [2.24, 2.45) is 0 Å². The summed E-state index contributed by atoms with van der Waals surface area (Å²) in [5.41, 5.74) is 2.97. The van der Waals surface area contributed by atoms with Gasteiger partial charge in [0.2, 0.25) is 5.91 Å². The molecule has 1 aliphatic rings. The number of amides is 1. The van der Waals surface area contributed by atoms with E-state index in [1.165, 1.54) is 11.0 Å². The summed E-state index contributed by atoms with van der Waals surface area (Å²) >= 11 is 5.99. The molecule has 5 nitrogen and oxygen atoms in total. The number of hydrogen-bond donors (Lipinski definition) is 1. The third-order valence-corrected chi connectivity index (χ3v) is 6.43. The molecular weight excluding hydrogens is 469 g/mol. The van der Waals surface area contributed by atoms with Gasteiger partial charge in [-0.2, -0.15) is 0 Å². The number of halogens is 2. The number of benzene rings is 3. The number of rotatable bonds is 9. The van der Waals surface area contributed by atoms with Gasteiger partial charge in [0.15, 0.2) is 0 Å². The first-order valence-electron chi connectivity index (χ1n) is 11.5. The maximum absolute atomic E-state index is 14.0. The van der Waals surface area contributed by atoms with Crippen LogP contribution < -0.4 is 4.74 Å². The van der Waals surface area contributed by atoms with E-state index in [4.69, 9.17) is 16.3 Å². The molecule has 3 aromatic carbocycles. The number of carbonyl (C=O) groups is 2. The van der Waals surface area contributed by atoms with Gasteiger partial charge in [-0.25, -0.2) is 4.39 Å². The fourth-order valence-corrected chi connectivity index (χ4v) is 4.64. The average Bonchev–Trinajstić information content (AvgIpc) is 3.14. The highest BCUT2D eigenvalue weighted by Gasteiger charge is 2.35. The molecule has 0 aliphatic carbocycles. The van der Waals surface area contributed by atoms with Crippen molar-refractivity contribution in [1.29, 1.82) is 0 Å². The van der Waals surface area contributed by atoms with E-state index in [-0.39, 0.29) is 31.1 Å². The molecule has 7 heteroatoms. The molecule has 0 spiro atoms. The van der Waals surface area contributed by atoms with Crippen LogP contribution in [0, 0.1) is 5.82 Å². The number of fused-ring (bicyclic) bond motifs is 1. The monoisotopic (exact) mass is 495 g/mol. The molecule has 1 aliphatic heterocycles. The first-order valence-corrected chi connectivity index (χ1v) is 11.9. The standard InChI is InChI=1S/C28H27ClFNO4/c1-28(16-19-6-9-23(29)10-7-19)17-22-14-20(8-11-25(22)35-28)15-26(32)31(18-27(33)34)13-12-21-4-2-3-5-24(21)30/h2-11,14H,12-13,15-18H2,1H3,(H,33,34). The Morgan fingerprint density at radius 1 is 1.09 bits per heavy atom. The van der Waals surface area contributed by atoms with Gasteiger partial charge >= 0.3 is 5.97 Å². The normalized spacial score (nSPS) is 16.4. The number of carboxylic acid groups (broad SMARTS) is 1. The van der Waals surface area contributed by atoms with Crippen LogP contribution in [0.4, 0.5) is 4.39 Å². The molecule has 1 unspecified atom stereocenters. The van der Waals surface area contributed by atoms with E-state index in [9.17, 15) is 19.1 Å². The fourth-order valence-electron chi connectivity index (χ4n) is 4.52. The zero-order chi connectivity index (χ0) is 25.0. The summed E-state index contributed by atoms with van der Waals surface area (Å²) in [6, 6.07) is 19.7. The lowest BCUT2D eigenvalue weighted by Gasteiger charge is -2.24. The molecule has 3 aromatic rings. The van der Waals surface area contributed by atoms with E-state index in [2.05, 4.69) is 6.92 Å². The molecule has 0 saturated carbocycles. The Morgan fingerprint density at radius 2 is 1.80 bits per heavy atom. The number of nitrogens with zero attached hydrogens (tertiary/aromatic N) is 1. The lowest BCUT2D eigenvalue weighted by Crippen LogP contribution is -2.38. The van der Waals surface area contributed by atoms with Crippen molar-refractivity contribution in [1.82, 2.24) is 4.90 Å². The SMILES string of the molecule is CC1(Cc2ccc(Cl)cc2)Cc2cc(CC(=O)N(CCc3ccccc3F)CC(=O)O)ccc2O1. The summed E-state index contributed by atoms with van der Waals surface area (Å²) in [6.07, 6.45) is 1.72. The van der Waals surface area contributed by atoms with Crippen molar-refractivity contribution in [3.63, 3.8) is 0 Å². The van der Waals surface area contributed by atoms with Gasteiger partial charge in [-0.05, 0) is 59.9 Å². The predicted octanol–water partition coefficient (Wildman–Crippen LogP) is 5.11. The van der Waals surface area contributed by atoms with E-state index in [1.807, 2.05) is 42.5 Å². The van der Waals surface area contributed by atoms with Gasteiger partial charge in [-0.1, -0.05) is 54.1 Å². The molecule has 1 N–H and O–H groups in total. The van der Waals surface area contributed by atoms with Crippen molar-refractivity contribution in [2.75, 3.05) is 13.1 Å². The fraction of sp³-hybridized carbons (Fsp3) is 0.286. The molecule has 4 rings (SSSR count). The van der Waals surface area contributed by atoms with Crippen molar-refractivity contribution < 1.29 is 23.8 Å². The molecule has 1 amide bonds. The first-order chi connectivity index (χ1) is 16.7. The second-order valence-corrected chi connectivity index (χ2v) is 9.64. The molecule has 0 radical (unpaired) electrons. The Hall–Kier alpha value is -3.38. The quantitative estimate of drug-likeness (QED) is 0.448. The smallest absolute Gasteiger partial charge is 0.323 e. The van der Waals surface area contributed by atoms with Crippen LogP contribution in [0.2, 0.25) is 5.02 Å². The molecule has 182 valence electrons. The Kier molecular flexibility index (Phi) is 7.41.